The lowest BCUT2D eigenvalue weighted by atomic mass is 9.76. The minimum Gasteiger partial charge on any atom is -0.497 e. The minimum atomic E-state index is -5.02. The zero-order chi connectivity index (χ0) is 18.4. The van der Waals surface area contributed by atoms with Crippen molar-refractivity contribution in [2.24, 2.45) is 16.9 Å². The number of amides is 1. The van der Waals surface area contributed by atoms with Crippen LogP contribution in [0, 0.1) is 11.8 Å². The van der Waals surface area contributed by atoms with Crippen LogP contribution in [0.15, 0.2) is 29.4 Å². The molecule has 0 spiro atoms. The first kappa shape index (κ1) is 17.7. The standard InChI is InChI=1S/C17H19F3N2O3/c1-10-6-7-14-13(8-10)16(24,17(18,19)20)22(21-14)15(23)11-4-3-5-12(9-11)25-2/h3-5,9-10,13,24H,6-8H2,1-2H3/t10-,13-,16-/m0/s1. The van der Waals surface area contributed by atoms with Gasteiger partial charge in [0.1, 0.15) is 5.75 Å². The summed E-state index contributed by atoms with van der Waals surface area (Å²) in [6, 6.07) is 5.76. The molecule has 25 heavy (non-hydrogen) atoms. The monoisotopic (exact) mass is 356 g/mol. The van der Waals surface area contributed by atoms with Crippen LogP contribution in [0.2, 0.25) is 0 Å². The van der Waals surface area contributed by atoms with Crippen molar-refractivity contribution in [3.8, 4) is 5.75 Å². The SMILES string of the molecule is COc1cccc(C(=O)N2N=C3CC[C@H](C)C[C@@H]3[C@]2(O)C(F)(F)F)c1. The largest absolute Gasteiger partial charge is 0.497 e. The van der Waals surface area contributed by atoms with Crippen molar-refractivity contribution in [2.45, 2.75) is 38.1 Å². The number of fused-ring (bicyclic) bond motifs is 1. The first-order valence-electron chi connectivity index (χ1n) is 8.03. The van der Waals surface area contributed by atoms with Gasteiger partial charge in [-0.15, -0.1) is 0 Å². The second-order valence-electron chi connectivity index (χ2n) is 6.60. The molecule has 1 fully saturated rings. The normalized spacial score (nSPS) is 29.2. The van der Waals surface area contributed by atoms with Gasteiger partial charge in [0.2, 0.25) is 0 Å². The Morgan fingerprint density at radius 3 is 2.80 bits per heavy atom. The van der Waals surface area contributed by atoms with Crippen LogP contribution in [-0.2, 0) is 0 Å². The summed E-state index contributed by atoms with van der Waals surface area (Å²) in [4.78, 5) is 12.7. The molecule has 0 saturated heterocycles. The van der Waals surface area contributed by atoms with E-state index in [-0.39, 0.29) is 28.6 Å². The van der Waals surface area contributed by atoms with Gasteiger partial charge in [-0.2, -0.15) is 23.3 Å². The molecule has 1 aromatic carbocycles. The number of benzene rings is 1. The quantitative estimate of drug-likeness (QED) is 0.885. The molecule has 1 aromatic rings. The van der Waals surface area contributed by atoms with E-state index in [1.54, 1.807) is 6.07 Å². The van der Waals surface area contributed by atoms with E-state index in [0.717, 1.165) is 0 Å². The molecule has 0 unspecified atom stereocenters. The Labute approximate surface area is 143 Å². The smallest absolute Gasteiger partial charge is 0.439 e. The van der Waals surface area contributed by atoms with Crippen molar-refractivity contribution in [3.05, 3.63) is 29.8 Å². The molecule has 3 atom stereocenters. The van der Waals surface area contributed by atoms with Crippen LogP contribution in [0.4, 0.5) is 13.2 Å². The van der Waals surface area contributed by atoms with E-state index in [0.29, 0.717) is 18.6 Å². The Morgan fingerprint density at radius 2 is 2.16 bits per heavy atom. The molecule has 0 radical (unpaired) electrons. The van der Waals surface area contributed by atoms with Gasteiger partial charge in [0.25, 0.3) is 11.6 Å². The predicted molar refractivity (Wildman–Crippen MR) is 84.1 cm³/mol. The minimum absolute atomic E-state index is 0.0182. The summed E-state index contributed by atoms with van der Waals surface area (Å²) >= 11 is 0. The van der Waals surface area contributed by atoms with Gasteiger partial charge in [-0.3, -0.25) is 4.79 Å². The van der Waals surface area contributed by atoms with E-state index in [1.165, 1.54) is 25.3 Å². The van der Waals surface area contributed by atoms with Crippen molar-refractivity contribution in [3.63, 3.8) is 0 Å². The maximum absolute atomic E-state index is 13.8. The number of rotatable bonds is 2. The number of hydrazone groups is 1. The number of nitrogens with zero attached hydrogens (tertiary/aromatic N) is 2. The fourth-order valence-electron chi connectivity index (χ4n) is 3.49. The Kier molecular flexibility index (Phi) is 4.26. The molecule has 3 rings (SSSR count). The number of hydrogen-bond donors (Lipinski definition) is 1. The summed E-state index contributed by atoms with van der Waals surface area (Å²) in [7, 11) is 1.39. The third kappa shape index (κ3) is 2.78. The van der Waals surface area contributed by atoms with Gasteiger partial charge >= 0.3 is 6.18 Å². The summed E-state index contributed by atoms with van der Waals surface area (Å²) in [5, 5.41) is 14.7. The molecule has 136 valence electrons. The average molecular weight is 356 g/mol. The Hall–Kier alpha value is -2.09. The highest BCUT2D eigenvalue weighted by atomic mass is 19.4. The number of ether oxygens (including phenoxy) is 1. The zero-order valence-corrected chi connectivity index (χ0v) is 13.9. The maximum atomic E-state index is 13.8. The summed E-state index contributed by atoms with van der Waals surface area (Å²) in [6.45, 7) is 1.83. The van der Waals surface area contributed by atoms with E-state index in [9.17, 15) is 23.1 Å². The van der Waals surface area contributed by atoms with Gasteiger partial charge in [0.05, 0.1) is 13.0 Å². The van der Waals surface area contributed by atoms with Gasteiger partial charge in [-0.1, -0.05) is 13.0 Å². The van der Waals surface area contributed by atoms with Crippen LogP contribution in [0.3, 0.4) is 0 Å². The lowest BCUT2D eigenvalue weighted by Gasteiger charge is -2.39. The van der Waals surface area contributed by atoms with E-state index >= 15 is 0 Å². The van der Waals surface area contributed by atoms with Crippen molar-refractivity contribution in [1.29, 1.82) is 0 Å². The second kappa shape index (κ2) is 6.01. The first-order chi connectivity index (χ1) is 11.7. The van der Waals surface area contributed by atoms with Crippen LogP contribution in [0.5, 0.6) is 5.75 Å². The van der Waals surface area contributed by atoms with Crippen LogP contribution in [-0.4, -0.2) is 40.7 Å². The topological polar surface area (TPSA) is 62.1 Å². The molecule has 1 saturated carbocycles. The molecule has 2 aliphatic rings. The number of carbonyl (C=O) groups excluding carboxylic acids is 1. The summed E-state index contributed by atoms with van der Waals surface area (Å²) in [6.07, 6.45) is -3.86. The molecule has 1 aliphatic heterocycles. The summed E-state index contributed by atoms with van der Waals surface area (Å²) in [5.74, 6) is -1.89. The maximum Gasteiger partial charge on any atom is 0.439 e. The van der Waals surface area contributed by atoms with Gasteiger partial charge in [-0.25, -0.2) is 0 Å². The van der Waals surface area contributed by atoms with Gasteiger partial charge in [0.15, 0.2) is 0 Å². The van der Waals surface area contributed by atoms with Crippen LogP contribution >= 0.6 is 0 Å². The van der Waals surface area contributed by atoms with Gasteiger partial charge < -0.3 is 9.84 Å². The predicted octanol–water partition coefficient (Wildman–Crippen LogP) is 3.19. The molecule has 5 nitrogen and oxygen atoms in total. The molecular weight excluding hydrogens is 337 g/mol. The molecule has 0 bridgehead atoms. The number of halogens is 3. The van der Waals surface area contributed by atoms with E-state index in [4.69, 9.17) is 4.74 Å². The number of aliphatic hydroxyl groups is 1. The van der Waals surface area contributed by atoms with Crippen molar-refractivity contribution < 1.29 is 27.8 Å². The summed E-state index contributed by atoms with van der Waals surface area (Å²) in [5.41, 5.74) is -3.12. The van der Waals surface area contributed by atoms with Crippen molar-refractivity contribution in [1.82, 2.24) is 5.01 Å². The molecule has 1 N–H and O–H groups in total. The van der Waals surface area contributed by atoms with E-state index in [2.05, 4.69) is 5.10 Å². The Balaban J connectivity index is 2.03. The third-order valence-corrected chi connectivity index (χ3v) is 4.90. The average Bonchev–Trinajstić information content (AvgIpc) is 2.88. The Morgan fingerprint density at radius 1 is 1.44 bits per heavy atom. The molecule has 1 aliphatic carbocycles. The lowest BCUT2D eigenvalue weighted by molar-refractivity contribution is -0.313. The van der Waals surface area contributed by atoms with Crippen molar-refractivity contribution >= 4 is 11.6 Å². The molecular formula is C17H19F3N2O3. The van der Waals surface area contributed by atoms with Crippen LogP contribution < -0.4 is 4.74 Å². The highest BCUT2D eigenvalue weighted by molar-refractivity contribution is 5.99. The Bertz CT molecular complexity index is 719. The van der Waals surface area contributed by atoms with Gasteiger partial charge in [-0.05, 0) is 43.4 Å². The van der Waals surface area contributed by atoms with Crippen LogP contribution in [0.1, 0.15) is 36.5 Å². The molecule has 1 amide bonds. The molecule has 8 heteroatoms. The fourth-order valence-corrected chi connectivity index (χ4v) is 3.49. The number of alkyl halides is 3. The lowest BCUT2D eigenvalue weighted by Crippen LogP contribution is -2.61. The molecule has 0 aromatic heterocycles. The van der Waals surface area contributed by atoms with E-state index < -0.39 is 23.7 Å². The second-order valence-corrected chi connectivity index (χ2v) is 6.60. The number of methoxy groups -OCH3 is 1. The van der Waals surface area contributed by atoms with Gasteiger partial charge in [0, 0.05) is 11.3 Å². The summed E-state index contributed by atoms with van der Waals surface area (Å²) < 4.78 is 46.3. The van der Waals surface area contributed by atoms with E-state index in [1.807, 2.05) is 6.92 Å². The highest BCUT2D eigenvalue weighted by Crippen LogP contribution is 2.49. The zero-order valence-electron chi connectivity index (χ0n) is 13.9. The van der Waals surface area contributed by atoms with Crippen LogP contribution in [0.25, 0.3) is 0 Å². The number of carbonyl (C=O) groups is 1. The highest BCUT2D eigenvalue weighted by Gasteiger charge is 2.68. The number of hydrogen-bond acceptors (Lipinski definition) is 4. The first-order valence-corrected chi connectivity index (χ1v) is 8.03. The fraction of sp³-hybridized carbons (Fsp3) is 0.529. The molecule has 1 heterocycles. The van der Waals surface area contributed by atoms with Crippen molar-refractivity contribution in [2.75, 3.05) is 7.11 Å². The third-order valence-electron chi connectivity index (χ3n) is 4.90.